The molecule has 1 atom stereocenters. The highest BCUT2D eigenvalue weighted by atomic mass is 16.7. The fourth-order valence-electron chi connectivity index (χ4n) is 1.56. The fraction of sp³-hybridized carbons (Fsp3) is 1.00. The minimum atomic E-state index is -1.98. The van der Waals surface area contributed by atoms with Crippen LogP contribution in [0, 0.1) is 20.2 Å². The summed E-state index contributed by atoms with van der Waals surface area (Å²) in [6.07, 6.45) is 0.117. The molecule has 2 saturated heterocycles. The van der Waals surface area contributed by atoms with Crippen LogP contribution in [-0.4, -0.2) is 52.8 Å². The van der Waals surface area contributed by atoms with Crippen molar-refractivity contribution in [2.24, 2.45) is 0 Å². The number of rotatable bonds is 4. The van der Waals surface area contributed by atoms with Gasteiger partial charge in [0.2, 0.25) is 0 Å². The van der Waals surface area contributed by atoms with Crippen molar-refractivity contribution in [2.75, 3.05) is 26.2 Å². The van der Waals surface area contributed by atoms with E-state index in [0.29, 0.717) is 13.2 Å². The van der Waals surface area contributed by atoms with E-state index < -0.39 is 15.5 Å². The van der Waals surface area contributed by atoms with Gasteiger partial charge in [0.05, 0.1) is 12.7 Å². The zero-order valence-corrected chi connectivity index (χ0v) is 7.29. The Bertz CT molecular complexity index is 267. The van der Waals surface area contributed by atoms with Crippen LogP contribution in [0.5, 0.6) is 0 Å². The normalized spacial score (nSPS) is 29.3. The van der Waals surface area contributed by atoms with Crippen LogP contribution < -0.4 is 0 Å². The van der Waals surface area contributed by atoms with E-state index in [1.165, 1.54) is 0 Å². The van der Waals surface area contributed by atoms with Gasteiger partial charge in [-0.05, 0) is 0 Å². The Balaban J connectivity index is 1.92. The van der Waals surface area contributed by atoms with Crippen LogP contribution in [0.3, 0.4) is 0 Å². The summed E-state index contributed by atoms with van der Waals surface area (Å²) < 4.78 is 4.92. The van der Waals surface area contributed by atoms with Gasteiger partial charge in [0.1, 0.15) is 22.9 Å². The molecule has 14 heavy (non-hydrogen) atoms. The van der Waals surface area contributed by atoms with Gasteiger partial charge < -0.3 is 4.74 Å². The third-order valence-corrected chi connectivity index (χ3v) is 2.50. The van der Waals surface area contributed by atoms with Crippen molar-refractivity contribution >= 4 is 0 Å². The number of likely N-dealkylation sites (tertiary alicyclic amines) is 1. The largest absolute Gasteiger partial charge is 0.482 e. The van der Waals surface area contributed by atoms with Crippen LogP contribution in [0.2, 0.25) is 0 Å². The van der Waals surface area contributed by atoms with Crippen LogP contribution in [0.15, 0.2) is 0 Å². The Labute approximate surface area is 78.7 Å². The quantitative estimate of drug-likeness (QED) is 0.250. The van der Waals surface area contributed by atoms with Gasteiger partial charge in [-0.15, -0.1) is 0 Å². The lowest BCUT2D eigenvalue weighted by Gasteiger charge is -2.35. The van der Waals surface area contributed by atoms with Gasteiger partial charge in [0, 0.05) is 6.54 Å². The Morgan fingerprint density at radius 1 is 1.36 bits per heavy atom. The molecule has 2 aliphatic heterocycles. The molecular weight excluding hydrogens is 194 g/mol. The molecule has 0 radical (unpaired) electrons. The Kier molecular flexibility index (Phi) is 1.89. The molecule has 0 aliphatic carbocycles. The van der Waals surface area contributed by atoms with E-state index in [0.717, 1.165) is 0 Å². The van der Waals surface area contributed by atoms with E-state index >= 15 is 0 Å². The second-order valence-electron chi connectivity index (χ2n) is 3.62. The SMILES string of the molecule is O=[N+]([O-])C1([N+](=O)[O-])CN(CC2CO2)C1. The van der Waals surface area contributed by atoms with Crippen molar-refractivity contribution < 1.29 is 14.6 Å². The average Bonchev–Trinajstić information content (AvgIpc) is 2.76. The van der Waals surface area contributed by atoms with Crippen LogP contribution in [0.25, 0.3) is 0 Å². The van der Waals surface area contributed by atoms with Gasteiger partial charge in [-0.25, -0.2) is 0 Å². The highest BCUT2D eigenvalue weighted by Gasteiger charge is 2.66. The van der Waals surface area contributed by atoms with Gasteiger partial charge in [0.25, 0.3) is 0 Å². The van der Waals surface area contributed by atoms with E-state index in [1.54, 1.807) is 4.90 Å². The summed E-state index contributed by atoms with van der Waals surface area (Å²) in [5.74, 6) is 0. The lowest BCUT2D eigenvalue weighted by Crippen LogP contribution is -2.70. The molecule has 8 nitrogen and oxygen atoms in total. The first kappa shape index (κ1) is 9.28. The summed E-state index contributed by atoms with van der Waals surface area (Å²) in [4.78, 5) is 21.0. The molecule has 0 aromatic rings. The maximum Gasteiger partial charge on any atom is 0.482 e. The van der Waals surface area contributed by atoms with E-state index in [-0.39, 0.29) is 19.2 Å². The number of hydrogen-bond acceptors (Lipinski definition) is 6. The van der Waals surface area contributed by atoms with E-state index in [1.807, 2.05) is 0 Å². The summed E-state index contributed by atoms with van der Waals surface area (Å²) in [6.45, 7) is 0.976. The topological polar surface area (TPSA) is 102 Å². The molecule has 0 spiro atoms. The number of nitro groups is 2. The summed E-state index contributed by atoms with van der Waals surface area (Å²) >= 11 is 0. The fourth-order valence-corrected chi connectivity index (χ4v) is 1.56. The van der Waals surface area contributed by atoms with Gasteiger partial charge >= 0.3 is 5.66 Å². The predicted octanol–water partition coefficient (Wildman–Crippen LogP) is -1.05. The zero-order valence-electron chi connectivity index (χ0n) is 7.29. The smallest absolute Gasteiger partial charge is 0.372 e. The maximum absolute atomic E-state index is 10.5. The van der Waals surface area contributed by atoms with Gasteiger partial charge in [-0.1, -0.05) is 0 Å². The van der Waals surface area contributed by atoms with Crippen molar-refractivity contribution in [3.8, 4) is 0 Å². The third-order valence-electron chi connectivity index (χ3n) is 2.50. The molecule has 2 heterocycles. The standard InChI is InChI=1S/C6H9N3O5/c10-8(11)6(9(12)13)3-7(4-6)1-5-2-14-5/h5H,1-4H2. The Hall–Kier alpha value is -1.28. The molecule has 2 fully saturated rings. The summed E-state index contributed by atoms with van der Waals surface area (Å²) in [6, 6.07) is 0. The second-order valence-corrected chi connectivity index (χ2v) is 3.62. The first-order chi connectivity index (χ1) is 6.54. The predicted molar refractivity (Wildman–Crippen MR) is 42.9 cm³/mol. The van der Waals surface area contributed by atoms with Crippen LogP contribution in [-0.2, 0) is 4.74 Å². The Morgan fingerprint density at radius 2 is 1.86 bits per heavy atom. The highest BCUT2D eigenvalue weighted by Crippen LogP contribution is 2.26. The first-order valence-corrected chi connectivity index (χ1v) is 4.17. The molecular formula is C6H9N3O5. The molecule has 0 saturated carbocycles. The van der Waals surface area contributed by atoms with Crippen LogP contribution in [0.4, 0.5) is 0 Å². The maximum atomic E-state index is 10.5. The van der Waals surface area contributed by atoms with Crippen molar-refractivity contribution in [1.29, 1.82) is 0 Å². The number of epoxide rings is 1. The van der Waals surface area contributed by atoms with Crippen LogP contribution in [0.1, 0.15) is 0 Å². The summed E-state index contributed by atoms with van der Waals surface area (Å²) in [5, 5.41) is 21.0. The first-order valence-electron chi connectivity index (χ1n) is 4.17. The lowest BCUT2D eigenvalue weighted by molar-refractivity contribution is -0.811. The number of nitrogens with zero attached hydrogens (tertiary/aromatic N) is 3. The lowest BCUT2D eigenvalue weighted by atomic mass is 10.0. The minimum Gasteiger partial charge on any atom is -0.372 e. The molecule has 2 rings (SSSR count). The summed E-state index contributed by atoms with van der Waals surface area (Å²) in [5.41, 5.74) is -1.98. The number of ether oxygens (including phenoxy) is 1. The molecule has 2 aliphatic rings. The molecule has 8 heteroatoms. The molecule has 0 aromatic heterocycles. The monoisotopic (exact) mass is 203 g/mol. The van der Waals surface area contributed by atoms with Crippen LogP contribution >= 0.6 is 0 Å². The van der Waals surface area contributed by atoms with Crippen molar-refractivity contribution in [3.63, 3.8) is 0 Å². The molecule has 0 bridgehead atoms. The minimum absolute atomic E-state index is 0.117. The molecule has 78 valence electrons. The van der Waals surface area contributed by atoms with Crippen molar-refractivity contribution in [3.05, 3.63) is 20.2 Å². The second kappa shape index (κ2) is 2.85. The van der Waals surface area contributed by atoms with Crippen molar-refractivity contribution in [2.45, 2.75) is 11.8 Å². The number of hydrogen-bond donors (Lipinski definition) is 0. The highest BCUT2D eigenvalue weighted by molar-refractivity contribution is 4.90. The molecule has 0 aromatic carbocycles. The summed E-state index contributed by atoms with van der Waals surface area (Å²) in [7, 11) is 0. The van der Waals surface area contributed by atoms with Gasteiger partial charge in [-0.3, -0.25) is 25.1 Å². The third kappa shape index (κ3) is 1.32. The molecule has 0 amide bonds. The van der Waals surface area contributed by atoms with Gasteiger partial charge in [-0.2, -0.15) is 0 Å². The molecule has 0 N–H and O–H groups in total. The van der Waals surface area contributed by atoms with E-state index in [2.05, 4.69) is 0 Å². The zero-order chi connectivity index (χ0) is 10.3. The van der Waals surface area contributed by atoms with E-state index in [9.17, 15) is 20.2 Å². The Morgan fingerprint density at radius 3 is 2.21 bits per heavy atom. The average molecular weight is 203 g/mol. The van der Waals surface area contributed by atoms with Crippen molar-refractivity contribution in [1.82, 2.24) is 4.90 Å². The van der Waals surface area contributed by atoms with Gasteiger partial charge in [0.15, 0.2) is 0 Å². The van der Waals surface area contributed by atoms with E-state index in [4.69, 9.17) is 4.74 Å². The molecule has 1 unspecified atom stereocenters.